The zero-order chi connectivity index (χ0) is 21.0. The van der Waals surface area contributed by atoms with Crippen molar-refractivity contribution < 1.29 is 17.9 Å². The maximum Gasteiger partial charge on any atom is 0.274 e. The van der Waals surface area contributed by atoms with Gasteiger partial charge in [0, 0.05) is 16.4 Å². The first-order chi connectivity index (χ1) is 13.8. The molecule has 9 heteroatoms. The predicted octanol–water partition coefficient (Wildman–Crippen LogP) is 4.21. The molecule has 2 N–H and O–H groups in total. The van der Waals surface area contributed by atoms with Crippen molar-refractivity contribution >= 4 is 43.2 Å². The highest BCUT2D eigenvalue weighted by Crippen LogP contribution is 2.31. The summed E-state index contributed by atoms with van der Waals surface area (Å²) in [6.45, 7) is 1.86. The van der Waals surface area contributed by atoms with Crippen molar-refractivity contribution in [1.82, 2.24) is 4.98 Å². The van der Waals surface area contributed by atoms with E-state index in [0.29, 0.717) is 15.8 Å². The average Bonchev–Trinajstić information content (AvgIpc) is 2.71. The lowest BCUT2D eigenvalue weighted by atomic mass is 10.2. The first-order valence-electron chi connectivity index (χ1n) is 8.49. The number of pyridine rings is 1. The Morgan fingerprint density at radius 2 is 1.90 bits per heavy atom. The number of hydrogen-bond donors (Lipinski definition) is 2. The molecule has 0 saturated carbocycles. The number of aromatic nitrogens is 1. The van der Waals surface area contributed by atoms with Crippen molar-refractivity contribution in [3.8, 4) is 5.75 Å². The Kier molecular flexibility index (Phi) is 6.19. The van der Waals surface area contributed by atoms with Crippen molar-refractivity contribution in [3.05, 3.63) is 76.5 Å². The van der Waals surface area contributed by atoms with E-state index < -0.39 is 15.9 Å². The highest BCUT2D eigenvalue weighted by Gasteiger charge is 2.22. The van der Waals surface area contributed by atoms with Crippen LogP contribution in [-0.4, -0.2) is 26.4 Å². The van der Waals surface area contributed by atoms with E-state index in [-0.39, 0.29) is 16.3 Å². The van der Waals surface area contributed by atoms with Crippen molar-refractivity contribution in [3.63, 3.8) is 0 Å². The van der Waals surface area contributed by atoms with Crippen LogP contribution in [0.2, 0.25) is 0 Å². The summed E-state index contributed by atoms with van der Waals surface area (Å²) >= 11 is 3.34. The number of aryl methyl sites for hydroxylation is 1. The first-order valence-corrected chi connectivity index (χ1v) is 10.8. The molecule has 1 aromatic heterocycles. The van der Waals surface area contributed by atoms with Crippen LogP contribution in [-0.2, 0) is 10.0 Å². The van der Waals surface area contributed by atoms with E-state index >= 15 is 0 Å². The minimum absolute atomic E-state index is 0.104. The van der Waals surface area contributed by atoms with Crippen molar-refractivity contribution in [1.29, 1.82) is 0 Å². The van der Waals surface area contributed by atoms with E-state index in [1.54, 1.807) is 36.4 Å². The molecule has 0 aliphatic carbocycles. The molecule has 0 unspecified atom stereocenters. The fourth-order valence-electron chi connectivity index (χ4n) is 2.57. The topological polar surface area (TPSA) is 97.4 Å². The van der Waals surface area contributed by atoms with Gasteiger partial charge in [0.15, 0.2) is 0 Å². The van der Waals surface area contributed by atoms with Gasteiger partial charge >= 0.3 is 0 Å². The molecule has 0 spiro atoms. The average molecular weight is 476 g/mol. The standard InChI is InChI=1S/C20H18BrN3O4S/c1-13-6-8-15(21)17(11-13)24-29(26,27)19-12-14(7-9-18(19)28-2)23-20(25)16-5-3-4-10-22-16/h3-12,24H,1-2H3,(H,23,25). The molecule has 0 aliphatic rings. The van der Waals surface area contributed by atoms with Crippen LogP contribution in [0.5, 0.6) is 5.75 Å². The molecule has 0 aliphatic heterocycles. The van der Waals surface area contributed by atoms with E-state index in [2.05, 4.69) is 31.0 Å². The number of amides is 1. The highest BCUT2D eigenvalue weighted by molar-refractivity contribution is 9.10. The molecule has 0 atom stereocenters. The molecule has 2 aromatic carbocycles. The Labute approximate surface area is 177 Å². The van der Waals surface area contributed by atoms with Crippen LogP contribution in [0.15, 0.2) is 70.2 Å². The number of ether oxygens (including phenoxy) is 1. The highest BCUT2D eigenvalue weighted by atomic mass is 79.9. The number of carbonyl (C=O) groups excluding carboxylic acids is 1. The van der Waals surface area contributed by atoms with Gasteiger partial charge in [0.1, 0.15) is 16.3 Å². The summed E-state index contributed by atoms with van der Waals surface area (Å²) in [6, 6.07) is 14.7. The summed E-state index contributed by atoms with van der Waals surface area (Å²) in [7, 11) is -2.61. The Morgan fingerprint density at radius 1 is 1.10 bits per heavy atom. The summed E-state index contributed by atoms with van der Waals surface area (Å²) < 4.78 is 34.4. The van der Waals surface area contributed by atoms with Gasteiger partial charge in [0.05, 0.1) is 12.8 Å². The second-order valence-corrected chi connectivity index (χ2v) is 8.63. The fourth-order valence-corrected chi connectivity index (χ4v) is 4.32. The second kappa shape index (κ2) is 8.62. The number of benzene rings is 2. The van der Waals surface area contributed by atoms with Gasteiger partial charge in [-0.25, -0.2) is 8.42 Å². The van der Waals surface area contributed by atoms with Crippen molar-refractivity contribution in [2.45, 2.75) is 11.8 Å². The molecule has 0 fully saturated rings. The van der Waals surface area contributed by atoms with Gasteiger partial charge in [-0.05, 0) is 70.9 Å². The molecule has 1 heterocycles. The number of anilines is 2. The third-order valence-electron chi connectivity index (χ3n) is 3.97. The van der Waals surface area contributed by atoms with Gasteiger partial charge in [-0.1, -0.05) is 12.1 Å². The zero-order valence-electron chi connectivity index (χ0n) is 15.6. The van der Waals surface area contributed by atoms with Crippen LogP contribution < -0.4 is 14.8 Å². The number of nitrogens with zero attached hydrogens (tertiary/aromatic N) is 1. The molecular formula is C20H18BrN3O4S. The summed E-state index contributed by atoms with van der Waals surface area (Å²) in [6.07, 6.45) is 1.50. The lowest BCUT2D eigenvalue weighted by Crippen LogP contribution is -2.17. The third kappa shape index (κ3) is 4.93. The van der Waals surface area contributed by atoms with Crippen LogP contribution in [0.25, 0.3) is 0 Å². The number of sulfonamides is 1. The summed E-state index contributed by atoms with van der Waals surface area (Å²) in [5, 5.41) is 2.65. The molecule has 0 saturated heterocycles. The maximum atomic E-state index is 13.0. The number of rotatable bonds is 6. The Morgan fingerprint density at radius 3 is 2.59 bits per heavy atom. The Bertz CT molecular complexity index is 1150. The lowest BCUT2D eigenvalue weighted by Gasteiger charge is -2.15. The lowest BCUT2D eigenvalue weighted by molar-refractivity contribution is 0.102. The number of nitrogens with one attached hydrogen (secondary N) is 2. The van der Waals surface area contributed by atoms with Crippen LogP contribution >= 0.6 is 15.9 Å². The molecule has 3 aromatic rings. The Hall–Kier alpha value is -2.91. The number of carbonyl (C=O) groups is 1. The summed E-state index contributed by atoms with van der Waals surface area (Å²) in [5.41, 5.74) is 1.81. The van der Waals surface area contributed by atoms with Crippen molar-refractivity contribution in [2.24, 2.45) is 0 Å². The summed E-state index contributed by atoms with van der Waals surface area (Å²) in [5.74, 6) is -0.300. The van der Waals surface area contributed by atoms with E-state index in [1.807, 2.05) is 13.0 Å². The van der Waals surface area contributed by atoms with Gasteiger partial charge in [0.25, 0.3) is 15.9 Å². The molecule has 7 nitrogen and oxygen atoms in total. The van der Waals surface area contributed by atoms with E-state index in [9.17, 15) is 13.2 Å². The van der Waals surface area contributed by atoms with Crippen LogP contribution in [0, 0.1) is 6.92 Å². The van der Waals surface area contributed by atoms with Gasteiger partial charge in [-0.3, -0.25) is 14.5 Å². The smallest absolute Gasteiger partial charge is 0.274 e. The molecule has 0 radical (unpaired) electrons. The van der Waals surface area contributed by atoms with Crippen LogP contribution in [0.1, 0.15) is 16.1 Å². The maximum absolute atomic E-state index is 13.0. The quantitative estimate of drug-likeness (QED) is 0.556. The van der Waals surface area contributed by atoms with E-state index in [1.165, 1.54) is 25.4 Å². The van der Waals surface area contributed by atoms with Gasteiger partial charge in [-0.15, -0.1) is 0 Å². The number of methoxy groups -OCH3 is 1. The van der Waals surface area contributed by atoms with Crippen LogP contribution in [0.3, 0.4) is 0 Å². The van der Waals surface area contributed by atoms with Crippen molar-refractivity contribution in [2.75, 3.05) is 17.1 Å². The second-order valence-electron chi connectivity index (χ2n) is 6.12. The third-order valence-corrected chi connectivity index (χ3v) is 6.05. The molecular weight excluding hydrogens is 458 g/mol. The van der Waals surface area contributed by atoms with Gasteiger partial charge < -0.3 is 10.1 Å². The summed E-state index contributed by atoms with van der Waals surface area (Å²) in [4.78, 5) is 16.2. The molecule has 3 rings (SSSR count). The number of hydrogen-bond acceptors (Lipinski definition) is 5. The monoisotopic (exact) mass is 475 g/mol. The molecule has 150 valence electrons. The van der Waals surface area contributed by atoms with Gasteiger partial charge in [-0.2, -0.15) is 0 Å². The first kappa shape index (κ1) is 20.8. The predicted molar refractivity (Wildman–Crippen MR) is 115 cm³/mol. The fraction of sp³-hybridized carbons (Fsp3) is 0.100. The Balaban J connectivity index is 1.94. The molecule has 29 heavy (non-hydrogen) atoms. The van der Waals surface area contributed by atoms with E-state index in [0.717, 1.165) is 5.56 Å². The largest absolute Gasteiger partial charge is 0.495 e. The van der Waals surface area contributed by atoms with Gasteiger partial charge in [0.2, 0.25) is 0 Å². The van der Waals surface area contributed by atoms with Crippen LogP contribution in [0.4, 0.5) is 11.4 Å². The molecule has 1 amide bonds. The normalized spacial score (nSPS) is 11.0. The minimum atomic E-state index is -3.99. The molecule has 0 bridgehead atoms. The zero-order valence-corrected chi connectivity index (χ0v) is 18.0. The SMILES string of the molecule is COc1ccc(NC(=O)c2ccccn2)cc1S(=O)(=O)Nc1cc(C)ccc1Br. The van der Waals surface area contributed by atoms with E-state index in [4.69, 9.17) is 4.74 Å². The minimum Gasteiger partial charge on any atom is -0.495 e. The number of halogens is 1.